The fourth-order valence-electron chi connectivity index (χ4n) is 3.18. The lowest BCUT2D eigenvalue weighted by Crippen LogP contribution is -2.10. The number of hydrogen-bond acceptors (Lipinski definition) is 4. The van der Waals surface area contributed by atoms with Gasteiger partial charge in [-0.05, 0) is 72.8 Å². The number of anilines is 1. The number of hydrogen-bond donors (Lipinski definition) is 1. The van der Waals surface area contributed by atoms with Gasteiger partial charge in [-0.2, -0.15) is 0 Å². The zero-order chi connectivity index (χ0) is 21.4. The molecule has 31 heavy (non-hydrogen) atoms. The van der Waals surface area contributed by atoms with E-state index in [0.29, 0.717) is 38.5 Å². The second-order valence-electron chi connectivity index (χ2n) is 6.84. The predicted molar refractivity (Wildman–Crippen MR) is 122 cm³/mol. The van der Waals surface area contributed by atoms with Gasteiger partial charge in [0, 0.05) is 26.9 Å². The third-order valence-corrected chi connectivity index (χ3v) is 5.16. The molecular weight excluding hydrogens is 435 g/mol. The quantitative estimate of drug-likeness (QED) is 0.312. The molecule has 0 aliphatic rings. The van der Waals surface area contributed by atoms with Crippen LogP contribution in [0.1, 0.15) is 10.6 Å². The number of oxazole rings is 1. The highest BCUT2D eigenvalue weighted by atomic mass is 35.5. The molecule has 7 heteroatoms. The summed E-state index contributed by atoms with van der Waals surface area (Å²) in [6.07, 6.45) is 0. The molecule has 0 saturated heterocycles. The van der Waals surface area contributed by atoms with E-state index in [1.54, 1.807) is 54.6 Å². The molecular formula is C24H14Cl2N2O3. The van der Waals surface area contributed by atoms with Crippen molar-refractivity contribution < 1.29 is 13.6 Å². The van der Waals surface area contributed by atoms with E-state index in [2.05, 4.69) is 10.3 Å². The van der Waals surface area contributed by atoms with E-state index in [9.17, 15) is 4.79 Å². The Bertz CT molecular complexity index is 1400. The van der Waals surface area contributed by atoms with Gasteiger partial charge in [-0.25, -0.2) is 4.98 Å². The van der Waals surface area contributed by atoms with Crippen LogP contribution in [0, 0.1) is 0 Å². The van der Waals surface area contributed by atoms with Crippen molar-refractivity contribution in [1.29, 1.82) is 0 Å². The van der Waals surface area contributed by atoms with Gasteiger partial charge in [0.15, 0.2) is 11.3 Å². The number of amides is 1. The Morgan fingerprint density at radius 1 is 0.806 bits per heavy atom. The highest BCUT2D eigenvalue weighted by Gasteiger charge is 2.14. The molecule has 5 rings (SSSR count). The first kappa shape index (κ1) is 19.4. The van der Waals surface area contributed by atoms with Crippen LogP contribution >= 0.6 is 23.2 Å². The molecule has 1 amide bonds. The molecule has 152 valence electrons. The Kier molecular flexibility index (Phi) is 4.98. The van der Waals surface area contributed by atoms with Crippen molar-refractivity contribution in [3.8, 4) is 22.8 Å². The van der Waals surface area contributed by atoms with E-state index in [4.69, 9.17) is 32.0 Å². The minimum absolute atomic E-state index is 0.201. The number of benzene rings is 3. The van der Waals surface area contributed by atoms with Crippen molar-refractivity contribution in [2.24, 2.45) is 0 Å². The zero-order valence-corrected chi connectivity index (χ0v) is 17.4. The zero-order valence-electron chi connectivity index (χ0n) is 15.9. The highest BCUT2D eigenvalue weighted by Crippen LogP contribution is 2.28. The topological polar surface area (TPSA) is 68.3 Å². The predicted octanol–water partition coefficient (Wildman–Crippen LogP) is 7.31. The van der Waals surface area contributed by atoms with Crippen LogP contribution in [-0.4, -0.2) is 10.9 Å². The van der Waals surface area contributed by atoms with E-state index >= 15 is 0 Å². The molecule has 5 aromatic rings. The number of furan rings is 1. The van der Waals surface area contributed by atoms with Gasteiger partial charge in [0.05, 0.1) is 0 Å². The molecule has 5 nitrogen and oxygen atoms in total. The van der Waals surface area contributed by atoms with Crippen molar-refractivity contribution in [2.45, 2.75) is 0 Å². The summed E-state index contributed by atoms with van der Waals surface area (Å²) in [5.41, 5.74) is 3.46. The average molecular weight is 449 g/mol. The first-order chi connectivity index (χ1) is 15.0. The summed E-state index contributed by atoms with van der Waals surface area (Å²) in [6, 6.07) is 23.1. The van der Waals surface area contributed by atoms with Crippen molar-refractivity contribution in [1.82, 2.24) is 4.98 Å². The number of aromatic nitrogens is 1. The lowest BCUT2D eigenvalue weighted by Gasteiger charge is -2.04. The number of halogens is 2. The van der Waals surface area contributed by atoms with Crippen LogP contribution < -0.4 is 5.32 Å². The third-order valence-electron chi connectivity index (χ3n) is 4.68. The standard InChI is InChI=1S/C24H14Cl2N2O3/c25-16-6-4-14(5-7-16)20-10-11-22(30-20)23(29)27-18-3-1-2-15(12-18)24-28-19-13-17(26)8-9-21(19)31-24/h1-13H,(H,27,29). The maximum absolute atomic E-state index is 12.7. The Labute approximate surface area is 187 Å². The van der Waals surface area contributed by atoms with E-state index in [1.165, 1.54) is 0 Å². The van der Waals surface area contributed by atoms with Crippen LogP contribution in [0.25, 0.3) is 33.9 Å². The van der Waals surface area contributed by atoms with Crippen LogP contribution in [0.3, 0.4) is 0 Å². The van der Waals surface area contributed by atoms with Crippen LogP contribution in [0.5, 0.6) is 0 Å². The Hall–Kier alpha value is -3.54. The minimum Gasteiger partial charge on any atom is -0.451 e. The van der Waals surface area contributed by atoms with Crippen molar-refractivity contribution >= 4 is 45.9 Å². The summed E-state index contributed by atoms with van der Waals surface area (Å²) < 4.78 is 11.5. The van der Waals surface area contributed by atoms with Gasteiger partial charge in [0.1, 0.15) is 11.3 Å². The van der Waals surface area contributed by atoms with Gasteiger partial charge in [-0.15, -0.1) is 0 Å². The average Bonchev–Trinajstić information content (AvgIpc) is 3.42. The summed E-state index contributed by atoms with van der Waals surface area (Å²) in [7, 11) is 0. The molecule has 0 spiro atoms. The van der Waals surface area contributed by atoms with Gasteiger partial charge < -0.3 is 14.2 Å². The van der Waals surface area contributed by atoms with Gasteiger partial charge >= 0.3 is 0 Å². The fourth-order valence-corrected chi connectivity index (χ4v) is 3.47. The maximum atomic E-state index is 12.7. The molecule has 0 aliphatic carbocycles. The largest absolute Gasteiger partial charge is 0.451 e. The Morgan fingerprint density at radius 3 is 2.45 bits per heavy atom. The SMILES string of the molecule is O=C(Nc1cccc(-c2nc3cc(Cl)ccc3o2)c1)c1ccc(-c2ccc(Cl)cc2)o1. The monoisotopic (exact) mass is 448 g/mol. The smallest absolute Gasteiger partial charge is 0.291 e. The summed E-state index contributed by atoms with van der Waals surface area (Å²) in [5.74, 6) is 0.866. The van der Waals surface area contributed by atoms with E-state index < -0.39 is 0 Å². The van der Waals surface area contributed by atoms with Crippen molar-refractivity contribution in [3.63, 3.8) is 0 Å². The summed E-state index contributed by atoms with van der Waals surface area (Å²) in [4.78, 5) is 17.1. The lowest BCUT2D eigenvalue weighted by molar-refractivity contribution is 0.0997. The number of nitrogens with zero attached hydrogens (tertiary/aromatic N) is 1. The molecule has 1 N–H and O–H groups in total. The molecule has 0 saturated carbocycles. The van der Waals surface area contributed by atoms with Crippen LogP contribution in [0.15, 0.2) is 87.7 Å². The van der Waals surface area contributed by atoms with Crippen molar-refractivity contribution in [2.75, 3.05) is 5.32 Å². The molecule has 2 heterocycles. The fraction of sp³-hybridized carbons (Fsp3) is 0. The molecule has 0 bridgehead atoms. The van der Waals surface area contributed by atoms with Crippen LogP contribution in [-0.2, 0) is 0 Å². The molecule has 0 aliphatic heterocycles. The molecule has 0 radical (unpaired) electrons. The number of nitrogens with one attached hydrogen (secondary N) is 1. The number of rotatable bonds is 4. The number of carbonyl (C=O) groups excluding carboxylic acids is 1. The summed E-state index contributed by atoms with van der Waals surface area (Å²) in [6.45, 7) is 0. The van der Waals surface area contributed by atoms with E-state index in [0.717, 1.165) is 11.1 Å². The first-order valence-corrected chi connectivity index (χ1v) is 10.1. The number of carbonyl (C=O) groups is 1. The van der Waals surface area contributed by atoms with Gasteiger partial charge in [-0.1, -0.05) is 29.3 Å². The Morgan fingerprint density at radius 2 is 1.61 bits per heavy atom. The molecule has 0 atom stereocenters. The van der Waals surface area contributed by atoms with Gasteiger partial charge in [0.25, 0.3) is 5.91 Å². The summed E-state index contributed by atoms with van der Waals surface area (Å²) >= 11 is 11.9. The van der Waals surface area contributed by atoms with Gasteiger partial charge in [0.2, 0.25) is 5.89 Å². The molecule has 3 aromatic carbocycles. The normalized spacial score (nSPS) is 11.0. The third kappa shape index (κ3) is 4.06. The maximum Gasteiger partial charge on any atom is 0.291 e. The van der Waals surface area contributed by atoms with Crippen LogP contribution in [0.2, 0.25) is 10.0 Å². The Balaban J connectivity index is 1.36. The first-order valence-electron chi connectivity index (χ1n) is 9.39. The van der Waals surface area contributed by atoms with Gasteiger partial charge in [-0.3, -0.25) is 4.79 Å². The highest BCUT2D eigenvalue weighted by molar-refractivity contribution is 6.31. The summed E-state index contributed by atoms with van der Waals surface area (Å²) in [5, 5.41) is 4.06. The second kappa shape index (κ2) is 7.95. The van der Waals surface area contributed by atoms with E-state index in [1.807, 2.05) is 24.3 Å². The lowest BCUT2D eigenvalue weighted by atomic mass is 10.2. The van der Waals surface area contributed by atoms with E-state index in [-0.39, 0.29) is 11.7 Å². The van der Waals surface area contributed by atoms with Crippen LogP contribution in [0.4, 0.5) is 5.69 Å². The molecule has 0 unspecified atom stereocenters. The molecule has 0 fully saturated rings. The number of fused-ring (bicyclic) bond motifs is 1. The minimum atomic E-state index is -0.360. The second-order valence-corrected chi connectivity index (χ2v) is 7.71. The molecule has 2 aromatic heterocycles. The van der Waals surface area contributed by atoms with Crippen molar-refractivity contribution in [3.05, 3.63) is 94.7 Å².